The van der Waals surface area contributed by atoms with Gasteiger partial charge >= 0.3 is 0 Å². The first kappa shape index (κ1) is 12.0. The Labute approximate surface area is 108 Å². The van der Waals surface area contributed by atoms with E-state index in [-0.39, 0.29) is 23.4 Å². The van der Waals surface area contributed by atoms with Crippen molar-refractivity contribution in [2.24, 2.45) is 0 Å². The van der Waals surface area contributed by atoms with Crippen molar-refractivity contribution in [1.29, 1.82) is 0 Å². The van der Waals surface area contributed by atoms with E-state index >= 15 is 0 Å². The molecule has 3 fully saturated rings. The van der Waals surface area contributed by atoms with Crippen LogP contribution in [-0.2, 0) is 9.59 Å². The van der Waals surface area contributed by atoms with E-state index in [1.165, 1.54) is 6.42 Å². The standard InChI is InChI=1S/C14H22N2O2/c1-14(7-4-8-14)16-10-6-12(17)15-9-3-2-5-11(15)13(16)18/h11H,2-10H2,1H3. The van der Waals surface area contributed by atoms with Crippen LogP contribution in [0, 0.1) is 0 Å². The molecule has 1 saturated carbocycles. The normalized spacial score (nSPS) is 31.7. The Hall–Kier alpha value is -1.06. The molecule has 0 aromatic carbocycles. The molecule has 0 aromatic rings. The summed E-state index contributed by atoms with van der Waals surface area (Å²) in [4.78, 5) is 28.7. The van der Waals surface area contributed by atoms with Crippen LogP contribution in [0.1, 0.15) is 51.9 Å². The first-order chi connectivity index (χ1) is 8.62. The van der Waals surface area contributed by atoms with Gasteiger partial charge in [0.25, 0.3) is 0 Å². The molecule has 0 aromatic heterocycles. The van der Waals surface area contributed by atoms with Gasteiger partial charge in [-0.05, 0) is 45.4 Å². The van der Waals surface area contributed by atoms with E-state index in [0.29, 0.717) is 13.0 Å². The van der Waals surface area contributed by atoms with Crippen LogP contribution in [-0.4, -0.2) is 46.3 Å². The number of amides is 2. The summed E-state index contributed by atoms with van der Waals surface area (Å²) in [5, 5.41) is 0. The van der Waals surface area contributed by atoms with Gasteiger partial charge in [-0.25, -0.2) is 0 Å². The summed E-state index contributed by atoms with van der Waals surface area (Å²) in [5.41, 5.74) is 0.0326. The van der Waals surface area contributed by atoms with Crippen molar-refractivity contribution in [2.75, 3.05) is 13.1 Å². The van der Waals surface area contributed by atoms with Gasteiger partial charge in [-0.15, -0.1) is 0 Å². The van der Waals surface area contributed by atoms with Gasteiger partial charge in [0.2, 0.25) is 11.8 Å². The first-order valence-corrected chi connectivity index (χ1v) is 7.23. The zero-order valence-electron chi connectivity index (χ0n) is 11.2. The zero-order valence-corrected chi connectivity index (χ0v) is 11.2. The summed E-state index contributed by atoms with van der Waals surface area (Å²) in [6.45, 7) is 3.58. The van der Waals surface area contributed by atoms with Gasteiger partial charge in [0.05, 0.1) is 0 Å². The predicted molar refractivity (Wildman–Crippen MR) is 67.9 cm³/mol. The smallest absolute Gasteiger partial charge is 0.245 e. The average Bonchev–Trinajstić information content (AvgIpc) is 2.47. The summed E-state index contributed by atoms with van der Waals surface area (Å²) in [6, 6.07) is -0.161. The molecule has 4 heteroatoms. The molecule has 4 nitrogen and oxygen atoms in total. The largest absolute Gasteiger partial charge is 0.335 e. The lowest BCUT2D eigenvalue weighted by atomic mass is 9.76. The molecule has 0 spiro atoms. The highest BCUT2D eigenvalue weighted by Crippen LogP contribution is 2.39. The van der Waals surface area contributed by atoms with Crippen molar-refractivity contribution in [3.8, 4) is 0 Å². The molecule has 0 bridgehead atoms. The molecular weight excluding hydrogens is 228 g/mol. The Morgan fingerprint density at radius 2 is 1.89 bits per heavy atom. The van der Waals surface area contributed by atoms with Crippen molar-refractivity contribution >= 4 is 11.8 Å². The van der Waals surface area contributed by atoms with Crippen LogP contribution in [0.15, 0.2) is 0 Å². The Morgan fingerprint density at radius 1 is 1.11 bits per heavy atom. The number of fused-ring (bicyclic) bond motifs is 1. The molecule has 100 valence electrons. The number of hydrogen-bond donors (Lipinski definition) is 0. The number of rotatable bonds is 1. The number of hydrogen-bond acceptors (Lipinski definition) is 2. The zero-order chi connectivity index (χ0) is 12.8. The second-order valence-electron chi connectivity index (χ2n) is 6.19. The van der Waals surface area contributed by atoms with Gasteiger partial charge in [0.15, 0.2) is 0 Å². The topological polar surface area (TPSA) is 40.6 Å². The van der Waals surface area contributed by atoms with Crippen LogP contribution in [0.25, 0.3) is 0 Å². The molecular formula is C14H22N2O2. The SMILES string of the molecule is CC1(N2CCC(=O)N3CCCCC3C2=O)CCC1. The predicted octanol–water partition coefficient (Wildman–Crippen LogP) is 1.54. The van der Waals surface area contributed by atoms with Crippen LogP contribution >= 0.6 is 0 Å². The summed E-state index contributed by atoms with van der Waals surface area (Å²) in [5.74, 6) is 0.390. The summed E-state index contributed by atoms with van der Waals surface area (Å²) in [6.07, 6.45) is 6.90. The monoisotopic (exact) mass is 250 g/mol. The molecule has 0 N–H and O–H groups in total. The van der Waals surface area contributed by atoms with Gasteiger partial charge in [0.1, 0.15) is 6.04 Å². The molecule has 1 atom stereocenters. The van der Waals surface area contributed by atoms with Gasteiger partial charge in [-0.1, -0.05) is 0 Å². The summed E-state index contributed by atoms with van der Waals surface area (Å²) >= 11 is 0. The molecule has 2 heterocycles. The fourth-order valence-electron chi connectivity index (χ4n) is 3.62. The van der Waals surface area contributed by atoms with Crippen molar-refractivity contribution in [3.05, 3.63) is 0 Å². The Kier molecular flexibility index (Phi) is 2.83. The second kappa shape index (κ2) is 4.25. The lowest BCUT2D eigenvalue weighted by molar-refractivity contribution is -0.148. The Morgan fingerprint density at radius 3 is 2.56 bits per heavy atom. The fourth-order valence-corrected chi connectivity index (χ4v) is 3.62. The maximum Gasteiger partial charge on any atom is 0.245 e. The molecule has 18 heavy (non-hydrogen) atoms. The van der Waals surface area contributed by atoms with Gasteiger partial charge < -0.3 is 9.80 Å². The molecule has 3 rings (SSSR count). The summed E-state index contributed by atoms with van der Waals surface area (Å²) < 4.78 is 0. The van der Waals surface area contributed by atoms with Crippen LogP contribution < -0.4 is 0 Å². The number of piperidine rings is 1. The van der Waals surface area contributed by atoms with E-state index in [4.69, 9.17) is 0 Å². The average molecular weight is 250 g/mol. The maximum atomic E-state index is 12.7. The van der Waals surface area contributed by atoms with Crippen molar-refractivity contribution in [1.82, 2.24) is 9.80 Å². The minimum atomic E-state index is -0.161. The number of carbonyl (C=O) groups is 2. The third-order valence-corrected chi connectivity index (χ3v) is 5.01. The number of carbonyl (C=O) groups excluding carboxylic acids is 2. The third kappa shape index (κ3) is 1.73. The molecule has 2 amide bonds. The van der Waals surface area contributed by atoms with E-state index in [1.807, 2.05) is 9.80 Å². The van der Waals surface area contributed by atoms with E-state index < -0.39 is 0 Å². The van der Waals surface area contributed by atoms with Crippen molar-refractivity contribution in [3.63, 3.8) is 0 Å². The second-order valence-corrected chi connectivity index (χ2v) is 6.19. The minimum absolute atomic E-state index is 0.0326. The fraction of sp³-hybridized carbons (Fsp3) is 0.857. The van der Waals surface area contributed by atoms with Crippen LogP contribution in [0.2, 0.25) is 0 Å². The third-order valence-electron chi connectivity index (χ3n) is 5.01. The Bertz CT molecular complexity index is 376. The number of nitrogens with zero attached hydrogens (tertiary/aromatic N) is 2. The molecule has 1 unspecified atom stereocenters. The van der Waals surface area contributed by atoms with Gasteiger partial charge in [-0.2, -0.15) is 0 Å². The first-order valence-electron chi connectivity index (χ1n) is 7.23. The lowest BCUT2D eigenvalue weighted by Gasteiger charge is -2.48. The molecule has 2 saturated heterocycles. The van der Waals surface area contributed by atoms with E-state index in [9.17, 15) is 9.59 Å². The molecule has 0 radical (unpaired) electrons. The molecule has 1 aliphatic carbocycles. The van der Waals surface area contributed by atoms with Gasteiger partial charge in [0, 0.05) is 25.0 Å². The highest BCUT2D eigenvalue weighted by Gasteiger charge is 2.46. The molecule has 2 aliphatic heterocycles. The maximum absolute atomic E-state index is 12.7. The van der Waals surface area contributed by atoms with E-state index in [2.05, 4.69) is 6.92 Å². The highest BCUT2D eigenvalue weighted by molar-refractivity contribution is 5.90. The van der Waals surface area contributed by atoms with Crippen molar-refractivity contribution in [2.45, 2.75) is 63.5 Å². The van der Waals surface area contributed by atoms with E-state index in [1.54, 1.807) is 0 Å². The van der Waals surface area contributed by atoms with E-state index in [0.717, 1.165) is 38.6 Å². The van der Waals surface area contributed by atoms with Crippen LogP contribution in [0.3, 0.4) is 0 Å². The quantitative estimate of drug-likeness (QED) is 0.708. The highest BCUT2D eigenvalue weighted by atomic mass is 16.2. The van der Waals surface area contributed by atoms with Crippen LogP contribution in [0.5, 0.6) is 0 Å². The minimum Gasteiger partial charge on any atom is -0.335 e. The van der Waals surface area contributed by atoms with Gasteiger partial charge in [-0.3, -0.25) is 9.59 Å². The lowest BCUT2D eigenvalue weighted by Crippen LogP contribution is -2.58. The molecule has 3 aliphatic rings. The van der Waals surface area contributed by atoms with Crippen molar-refractivity contribution < 1.29 is 9.59 Å². The van der Waals surface area contributed by atoms with Crippen LogP contribution in [0.4, 0.5) is 0 Å². The Balaban J connectivity index is 1.86. The summed E-state index contributed by atoms with van der Waals surface area (Å²) in [7, 11) is 0.